The van der Waals surface area contributed by atoms with Crippen LogP contribution in [-0.4, -0.2) is 17.0 Å². The summed E-state index contributed by atoms with van der Waals surface area (Å²) in [6, 6.07) is 0. The molecule has 100 valence electrons. The van der Waals surface area contributed by atoms with Gasteiger partial charge in [0, 0.05) is 22.9 Å². The highest BCUT2D eigenvalue weighted by atomic mass is 35.5. The zero-order valence-electron chi connectivity index (χ0n) is 10.2. The van der Waals surface area contributed by atoms with Crippen LogP contribution in [0.5, 0.6) is 0 Å². The summed E-state index contributed by atoms with van der Waals surface area (Å²) < 4.78 is 0. The first-order chi connectivity index (χ1) is 8.61. The first-order valence-electron chi connectivity index (χ1n) is 6.44. The topological polar surface area (TPSA) is 17.1 Å². The molecule has 4 heteroatoms. The highest BCUT2D eigenvalue weighted by Gasteiger charge is 2.29. The van der Waals surface area contributed by atoms with E-state index in [1.165, 1.54) is 12.8 Å². The molecule has 1 atom stereocenters. The molecule has 1 unspecified atom stereocenters. The first kappa shape index (κ1) is 14.4. The second-order valence-electron chi connectivity index (χ2n) is 5.08. The summed E-state index contributed by atoms with van der Waals surface area (Å²) in [5.74, 6) is 1.37. The van der Waals surface area contributed by atoms with E-state index < -0.39 is 0 Å². The monoisotopic (exact) mass is 306 g/mol. The van der Waals surface area contributed by atoms with Gasteiger partial charge in [-0.05, 0) is 44.1 Å². The van der Waals surface area contributed by atoms with E-state index in [2.05, 4.69) is 0 Å². The summed E-state index contributed by atoms with van der Waals surface area (Å²) in [5.41, 5.74) is 1.88. The van der Waals surface area contributed by atoms with Gasteiger partial charge in [-0.1, -0.05) is 17.2 Å². The number of allylic oxidation sites excluding steroid dienone is 4. The molecule has 0 aliphatic heterocycles. The lowest BCUT2D eigenvalue weighted by Crippen LogP contribution is -2.15. The Balaban J connectivity index is 2.17. The Morgan fingerprint density at radius 3 is 2.72 bits per heavy atom. The highest BCUT2D eigenvalue weighted by molar-refractivity contribution is 6.36. The van der Waals surface area contributed by atoms with Crippen LogP contribution in [0.1, 0.15) is 38.5 Å². The summed E-state index contributed by atoms with van der Waals surface area (Å²) in [6.07, 6.45) is 7.24. The van der Waals surface area contributed by atoms with Crippen LogP contribution in [0.25, 0.3) is 0 Å². The average Bonchev–Trinajstić information content (AvgIpc) is 3.09. The molecule has 1 saturated carbocycles. The van der Waals surface area contributed by atoms with Crippen LogP contribution < -0.4 is 0 Å². The van der Waals surface area contributed by atoms with Gasteiger partial charge in [-0.25, -0.2) is 0 Å². The molecule has 2 aliphatic rings. The smallest absolute Gasteiger partial charge is 0.164 e. The molecule has 0 spiro atoms. The van der Waals surface area contributed by atoms with Crippen LogP contribution in [0.15, 0.2) is 22.3 Å². The molecule has 0 N–H and O–H groups in total. The normalized spacial score (nSPS) is 24.2. The molecule has 0 amide bonds. The third-order valence-electron chi connectivity index (χ3n) is 3.41. The number of hydrogen-bond donors (Lipinski definition) is 0. The van der Waals surface area contributed by atoms with Crippen LogP contribution in [0.3, 0.4) is 0 Å². The quantitative estimate of drug-likeness (QED) is 0.644. The van der Waals surface area contributed by atoms with Crippen molar-refractivity contribution in [1.82, 2.24) is 0 Å². The number of halogens is 3. The van der Waals surface area contributed by atoms with Gasteiger partial charge in [0.15, 0.2) is 5.78 Å². The minimum Gasteiger partial charge on any atom is -0.294 e. The summed E-state index contributed by atoms with van der Waals surface area (Å²) in [5, 5.41) is 0.465. The van der Waals surface area contributed by atoms with E-state index in [-0.39, 0.29) is 11.2 Å². The standard InChI is InChI=1S/C14H17Cl3O/c15-5-1-2-13(18)14-10(6-9-3-4-9)7-11(16)8-12(14)17/h8-9,11H,1-7H2. The zero-order valence-corrected chi connectivity index (χ0v) is 12.5. The third-order valence-corrected chi connectivity index (χ3v) is 4.27. The maximum Gasteiger partial charge on any atom is 0.164 e. The molecule has 0 bridgehead atoms. The predicted octanol–water partition coefficient (Wildman–Crippen LogP) is 4.81. The van der Waals surface area contributed by atoms with Gasteiger partial charge in [-0.3, -0.25) is 4.79 Å². The van der Waals surface area contributed by atoms with Crippen LogP contribution in [0.4, 0.5) is 0 Å². The van der Waals surface area contributed by atoms with E-state index in [1.54, 1.807) is 6.08 Å². The van der Waals surface area contributed by atoms with Gasteiger partial charge in [0.2, 0.25) is 0 Å². The highest BCUT2D eigenvalue weighted by Crippen LogP contribution is 2.41. The fourth-order valence-electron chi connectivity index (χ4n) is 2.35. The molecule has 2 aliphatic carbocycles. The second kappa shape index (κ2) is 6.45. The molecule has 18 heavy (non-hydrogen) atoms. The van der Waals surface area contributed by atoms with Crippen molar-refractivity contribution in [2.75, 3.05) is 5.88 Å². The summed E-state index contributed by atoms with van der Waals surface area (Å²) in [7, 11) is 0. The van der Waals surface area contributed by atoms with Crippen molar-refractivity contribution in [2.45, 2.75) is 43.9 Å². The van der Waals surface area contributed by atoms with E-state index >= 15 is 0 Å². The molecule has 0 aromatic heterocycles. The minimum atomic E-state index is -0.0733. The van der Waals surface area contributed by atoms with Crippen LogP contribution in [0.2, 0.25) is 0 Å². The van der Waals surface area contributed by atoms with E-state index in [1.807, 2.05) is 0 Å². The number of rotatable bonds is 6. The van der Waals surface area contributed by atoms with Gasteiger partial charge < -0.3 is 0 Å². The predicted molar refractivity (Wildman–Crippen MR) is 77.5 cm³/mol. The number of carbonyl (C=O) groups excluding carboxylic acids is 1. The molecule has 0 heterocycles. The van der Waals surface area contributed by atoms with Crippen molar-refractivity contribution in [3.05, 3.63) is 22.3 Å². The molecule has 0 aromatic carbocycles. The average molecular weight is 308 g/mol. The maximum absolute atomic E-state index is 12.2. The van der Waals surface area contributed by atoms with Crippen molar-refractivity contribution in [2.24, 2.45) is 5.92 Å². The van der Waals surface area contributed by atoms with Crippen molar-refractivity contribution in [3.8, 4) is 0 Å². The Kier molecular flexibility index (Phi) is 5.17. The van der Waals surface area contributed by atoms with E-state index in [0.717, 1.165) is 29.9 Å². The van der Waals surface area contributed by atoms with Gasteiger partial charge in [-0.15, -0.1) is 23.2 Å². The zero-order chi connectivity index (χ0) is 13.1. The van der Waals surface area contributed by atoms with E-state index in [0.29, 0.717) is 23.8 Å². The molecule has 1 fully saturated rings. The lowest BCUT2D eigenvalue weighted by molar-refractivity contribution is -0.115. The van der Waals surface area contributed by atoms with Crippen LogP contribution >= 0.6 is 34.8 Å². The van der Waals surface area contributed by atoms with Gasteiger partial charge in [0.05, 0.1) is 5.38 Å². The Morgan fingerprint density at radius 1 is 1.39 bits per heavy atom. The molecule has 0 saturated heterocycles. The van der Waals surface area contributed by atoms with Gasteiger partial charge in [0.1, 0.15) is 0 Å². The van der Waals surface area contributed by atoms with Crippen molar-refractivity contribution >= 4 is 40.6 Å². The second-order valence-corrected chi connectivity index (χ2v) is 6.42. The Bertz CT molecular complexity index is 394. The van der Waals surface area contributed by atoms with Crippen molar-refractivity contribution < 1.29 is 4.79 Å². The Labute approximate surface area is 123 Å². The third kappa shape index (κ3) is 3.76. The molecular weight excluding hydrogens is 291 g/mol. The molecular formula is C14H17Cl3O. The number of Topliss-reactive ketones (excluding diaryl/α,β-unsaturated/α-hetero) is 1. The number of alkyl halides is 2. The summed E-state index contributed by atoms with van der Waals surface area (Å²) in [6.45, 7) is 0. The van der Waals surface area contributed by atoms with Crippen molar-refractivity contribution in [1.29, 1.82) is 0 Å². The SMILES string of the molecule is O=C(CCCCl)C1=C(CC2CC2)CC(Cl)C=C1Cl. The Hall–Kier alpha value is 0.0200. The van der Waals surface area contributed by atoms with Gasteiger partial charge in [0.25, 0.3) is 0 Å². The fourth-order valence-corrected chi connectivity index (χ4v) is 3.25. The molecule has 0 aromatic rings. The van der Waals surface area contributed by atoms with Crippen LogP contribution in [-0.2, 0) is 4.79 Å². The van der Waals surface area contributed by atoms with Gasteiger partial charge in [-0.2, -0.15) is 0 Å². The number of carbonyl (C=O) groups is 1. The summed E-state index contributed by atoms with van der Waals surface area (Å²) >= 11 is 18.0. The fraction of sp³-hybridized carbons (Fsp3) is 0.643. The molecule has 1 nitrogen and oxygen atoms in total. The number of hydrogen-bond acceptors (Lipinski definition) is 1. The maximum atomic E-state index is 12.2. The summed E-state index contributed by atoms with van der Waals surface area (Å²) in [4.78, 5) is 12.2. The minimum absolute atomic E-state index is 0.0733. The lowest BCUT2D eigenvalue weighted by Gasteiger charge is -2.21. The first-order valence-corrected chi connectivity index (χ1v) is 7.79. The molecule has 2 rings (SSSR count). The van der Waals surface area contributed by atoms with E-state index in [9.17, 15) is 4.79 Å². The largest absolute Gasteiger partial charge is 0.294 e. The Morgan fingerprint density at radius 2 is 2.11 bits per heavy atom. The van der Waals surface area contributed by atoms with Crippen LogP contribution in [0, 0.1) is 5.92 Å². The van der Waals surface area contributed by atoms with E-state index in [4.69, 9.17) is 34.8 Å². The molecule has 0 radical (unpaired) electrons. The number of ketones is 1. The lowest BCUT2D eigenvalue weighted by atomic mass is 9.89. The van der Waals surface area contributed by atoms with Crippen molar-refractivity contribution in [3.63, 3.8) is 0 Å². The van der Waals surface area contributed by atoms with Gasteiger partial charge >= 0.3 is 0 Å².